The summed E-state index contributed by atoms with van der Waals surface area (Å²) in [4.78, 5) is 16.2. The van der Waals surface area contributed by atoms with Crippen molar-refractivity contribution in [2.45, 2.75) is 33.2 Å². The zero-order chi connectivity index (χ0) is 13.3. The van der Waals surface area contributed by atoms with E-state index in [1.807, 2.05) is 18.7 Å². The molecule has 1 aliphatic heterocycles. The first-order valence-corrected chi connectivity index (χ1v) is 7.42. The van der Waals surface area contributed by atoms with Crippen LogP contribution in [-0.4, -0.2) is 22.3 Å². The highest BCUT2D eigenvalue weighted by Gasteiger charge is 2.38. The minimum Gasteiger partial charge on any atom is -0.392 e. The lowest BCUT2D eigenvalue weighted by Gasteiger charge is -2.35. The maximum absolute atomic E-state index is 12.6. The lowest BCUT2D eigenvalue weighted by Crippen LogP contribution is -2.49. The monoisotopic (exact) mass is 282 g/mol. The topological polar surface area (TPSA) is 46.3 Å². The first-order chi connectivity index (χ1) is 8.49. The van der Waals surface area contributed by atoms with Crippen molar-refractivity contribution >= 4 is 34.5 Å². The highest BCUT2D eigenvalue weighted by atomic mass is 32.1. The third-order valence-corrected chi connectivity index (χ3v) is 5.29. The van der Waals surface area contributed by atoms with Crippen LogP contribution in [0.3, 0.4) is 0 Å². The number of carbonyl (C=O) groups is 1. The number of carbonyl (C=O) groups excluding carboxylic acids is 1. The average Bonchev–Trinajstić information content (AvgIpc) is 2.83. The summed E-state index contributed by atoms with van der Waals surface area (Å²) in [6.07, 6.45) is 1.59. The smallest absolute Gasteiger partial charge is 0.235 e. The fourth-order valence-corrected chi connectivity index (χ4v) is 3.32. The summed E-state index contributed by atoms with van der Waals surface area (Å²) in [5.74, 6) is 0.0642. The number of thiocarbonyl (C=S) groups is 1. The van der Waals surface area contributed by atoms with Crippen molar-refractivity contribution in [3.05, 3.63) is 21.9 Å². The van der Waals surface area contributed by atoms with E-state index in [1.54, 1.807) is 11.3 Å². The summed E-state index contributed by atoms with van der Waals surface area (Å²) in [5.41, 5.74) is 6.31. The molecule has 0 saturated carbocycles. The number of hydrogen-bond donors (Lipinski definition) is 1. The van der Waals surface area contributed by atoms with Crippen molar-refractivity contribution in [3.63, 3.8) is 0 Å². The summed E-state index contributed by atoms with van der Waals surface area (Å²) in [5, 5.41) is 2.09. The molecule has 98 valence electrons. The van der Waals surface area contributed by atoms with Gasteiger partial charge < -0.3 is 10.6 Å². The second-order valence-electron chi connectivity index (χ2n) is 4.90. The number of fused-ring (bicyclic) bond motifs is 1. The van der Waals surface area contributed by atoms with Crippen LogP contribution in [0.2, 0.25) is 0 Å². The molecule has 5 heteroatoms. The van der Waals surface area contributed by atoms with E-state index in [1.165, 1.54) is 10.4 Å². The molecule has 1 atom stereocenters. The minimum atomic E-state index is -0.705. The van der Waals surface area contributed by atoms with Crippen LogP contribution in [0.15, 0.2) is 11.4 Å². The van der Waals surface area contributed by atoms with E-state index >= 15 is 0 Å². The standard InChI is InChI=1S/C13H18N2OS2/c1-3-13(2,11(14)17)12(16)15-6-4-10-9(8-15)5-7-18-10/h5,7H,3-4,6,8H2,1-2H3,(H2,14,17). The first kappa shape index (κ1) is 13.5. The van der Waals surface area contributed by atoms with E-state index in [2.05, 4.69) is 11.4 Å². The Morgan fingerprint density at radius 3 is 3.00 bits per heavy atom. The molecule has 0 spiro atoms. The lowest BCUT2D eigenvalue weighted by atomic mass is 9.85. The molecule has 0 aliphatic carbocycles. The van der Waals surface area contributed by atoms with E-state index in [9.17, 15) is 4.79 Å². The van der Waals surface area contributed by atoms with Gasteiger partial charge >= 0.3 is 0 Å². The van der Waals surface area contributed by atoms with Crippen molar-refractivity contribution in [2.24, 2.45) is 11.1 Å². The number of amides is 1. The zero-order valence-corrected chi connectivity index (χ0v) is 12.4. The Bertz CT molecular complexity index is 483. The molecule has 0 fully saturated rings. The van der Waals surface area contributed by atoms with Crippen molar-refractivity contribution in [1.29, 1.82) is 0 Å². The number of nitrogens with zero attached hydrogens (tertiary/aromatic N) is 1. The largest absolute Gasteiger partial charge is 0.392 e. The third kappa shape index (κ3) is 2.17. The van der Waals surface area contributed by atoms with E-state index in [4.69, 9.17) is 18.0 Å². The summed E-state index contributed by atoms with van der Waals surface area (Å²) in [7, 11) is 0. The Hall–Kier alpha value is -0.940. The van der Waals surface area contributed by atoms with Crippen LogP contribution in [0, 0.1) is 5.41 Å². The number of nitrogens with two attached hydrogens (primary N) is 1. The second kappa shape index (κ2) is 4.97. The first-order valence-electron chi connectivity index (χ1n) is 6.13. The van der Waals surface area contributed by atoms with E-state index in [0.717, 1.165) is 13.0 Å². The van der Waals surface area contributed by atoms with Crippen LogP contribution in [0.5, 0.6) is 0 Å². The number of thiophene rings is 1. The van der Waals surface area contributed by atoms with Crippen molar-refractivity contribution in [1.82, 2.24) is 4.90 Å². The molecular formula is C13H18N2OS2. The molecule has 0 radical (unpaired) electrons. The second-order valence-corrected chi connectivity index (χ2v) is 6.34. The average molecular weight is 282 g/mol. The minimum absolute atomic E-state index is 0.0642. The van der Waals surface area contributed by atoms with Crippen LogP contribution in [0.25, 0.3) is 0 Å². The van der Waals surface area contributed by atoms with Crippen LogP contribution in [0.1, 0.15) is 30.7 Å². The molecule has 1 aromatic rings. The predicted octanol–water partition coefficient (Wildman–Crippen LogP) is 2.34. The molecule has 1 aliphatic rings. The van der Waals surface area contributed by atoms with Crippen LogP contribution in [0.4, 0.5) is 0 Å². The van der Waals surface area contributed by atoms with Gasteiger partial charge in [0.15, 0.2) is 0 Å². The van der Waals surface area contributed by atoms with Crippen molar-refractivity contribution < 1.29 is 4.79 Å². The fourth-order valence-electron chi connectivity index (χ4n) is 2.20. The molecule has 1 unspecified atom stereocenters. The molecule has 1 amide bonds. The molecule has 0 bridgehead atoms. The summed E-state index contributed by atoms with van der Waals surface area (Å²) in [6.45, 7) is 5.26. The summed E-state index contributed by atoms with van der Waals surface area (Å²) >= 11 is 6.84. The number of rotatable bonds is 3. The zero-order valence-electron chi connectivity index (χ0n) is 10.7. The van der Waals surface area contributed by atoms with Gasteiger partial charge in [0.2, 0.25) is 5.91 Å². The quantitative estimate of drug-likeness (QED) is 0.866. The number of hydrogen-bond acceptors (Lipinski definition) is 3. The molecule has 2 rings (SSSR count). The van der Waals surface area contributed by atoms with Gasteiger partial charge in [-0.15, -0.1) is 11.3 Å². The normalized spacial score (nSPS) is 18.0. The van der Waals surface area contributed by atoms with Crippen LogP contribution in [-0.2, 0) is 17.8 Å². The van der Waals surface area contributed by atoms with Gasteiger partial charge in [0, 0.05) is 18.0 Å². The summed E-state index contributed by atoms with van der Waals surface area (Å²) < 4.78 is 0. The van der Waals surface area contributed by atoms with Crippen molar-refractivity contribution in [3.8, 4) is 0 Å². The highest BCUT2D eigenvalue weighted by Crippen LogP contribution is 2.30. The van der Waals surface area contributed by atoms with Gasteiger partial charge in [-0.3, -0.25) is 4.79 Å². The van der Waals surface area contributed by atoms with Gasteiger partial charge in [0.1, 0.15) is 0 Å². The third-order valence-electron chi connectivity index (χ3n) is 3.82. The Labute approximate surface area is 117 Å². The maximum Gasteiger partial charge on any atom is 0.235 e. The van der Waals surface area contributed by atoms with Crippen molar-refractivity contribution in [2.75, 3.05) is 6.54 Å². The van der Waals surface area contributed by atoms with Gasteiger partial charge in [-0.05, 0) is 36.8 Å². The molecule has 2 N–H and O–H groups in total. The molecule has 1 aromatic heterocycles. The van der Waals surface area contributed by atoms with Gasteiger partial charge in [-0.25, -0.2) is 0 Å². The summed E-state index contributed by atoms with van der Waals surface area (Å²) in [6, 6.07) is 2.10. The van der Waals surface area contributed by atoms with E-state index < -0.39 is 5.41 Å². The van der Waals surface area contributed by atoms with Gasteiger partial charge in [0.05, 0.1) is 10.4 Å². The Morgan fingerprint density at radius 1 is 1.67 bits per heavy atom. The van der Waals surface area contributed by atoms with Crippen LogP contribution < -0.4 is 5.73 Å². The Balaban J connectivity index is 2.19. The lowest BCUT2D eigenvalue weighted by molar-refractivity contribution is -0.138. The van der Waals surface area contributed by atoms with Gasteiger partial charge in [-0.2, -0.15) is 0 Å². The van der Waals surface area contributed by atoms with Gasteiger partial charge in [-0.1, -0.05) is 19.1 Å². The molecule has 18 heavy (non-hydrogen) atoms. The molecular weight excluding hydrogens is 264 g/mol. The highest BCUT2D eigenvalue weighted by molar-refractivity contribution is 7.80. The SMILES string of the molecule is CCC(C)(C(=O)N1CCc2sccc2C1)C(N)=S. The predicted molar refractivity (Wildman–Crippen MR) is 78.6 cm³/mol. The van der Waals surface area contributed by atoms with E-state index in [-0.39, 0.29) is 5.91 Å². The van der Waals surface area contributed by atoms with E-state index in [0.29, 0.717) is 18.0 Å². The van der Waals surface area contributed by atoms with Crippen LogP contribution >= 0.6 is 23.6 Å². The van der Waals surface area contributed by atoms with Gasteiger partial charge in [0.25, 0.3) is 0 Å². The molecule has 0 aromatic carbocycles. The molecule has 3 nitrogen and oxygen atoms in total. The maximum atomic E-state index is 12.6. The molecule has 0 saturated heterocycles. The Kier molecular flexibility index (Phi) is 3.73. The Morgan fingerprint density at radius 2 is 2.39 bits per heavy atom. The molecule has 2 heterocycles. The fraction of sp³-hybridized carbons (Fsp3) is 0.538.